The number of halogens is 3. The van der Waals surface area contributed by atoms with Gasteiger partial charge in [0.2, 0.25) is 0 Å². The number of hydrogen-bond acceptors (Lipinski definition) is 3. The lowest BCUT2D eigenvalue weighted by atomic mass is 9.91. The van der Waals surface area contributed by atoms with Crippen molar-refractivity contribution in [2.24, 2.45) is 0 Å². The average molecular weight is 428 g/mol. The third kappa shape index (κ3) is 4.49. The Morgan fingerprint density at radius 3 is 2.34 bits per heavy atom. The van der Waals surface area contributed by atoms with Crippen molar-refractivity contribution < 1.29 is 22.8 Å². The van der Waals surface area contributed by atoms with Crippen LogP contribution in [0.4, 0.5) is 13.2 Å². The summed E-state index contributed by atoms with van der Waals surface area (Å²) in [7, 11) is 0. The summed E-state index contributed by atoms with van der Waals surface area (Å²) < 4.78 is 41.0. The van der Waals surface area contributed by atoms with E-state index in [0.29, 0.717) is 10.5 Å². The van der Waals surface area contributed by atoms with E-state index in [4.69, 9.17) is 0 Å². The van der Waals surface area contributed by atoms with Gasteiger partial charge in [0.05, 0.1) is 15.9 Å². The number of alkyl halides is 3. The number of thioether (sulfide) groups is 1. The molecule has 3 nitrogen and oxygen atoms in total. The van der Waals surface area contributed by atoms with E-state index >= 15 is 0 Å². The lowest BCUT2D eigenvalue weighted by molar-refractivity contribution is -0.138. The number of carbonyl (C=O) groups is 2. The summed E-state index contributed by atoms with van der Waals surface area (Å²) in [5, 5.41) is 0. The minimum atomic E-state index is -4.64. The topological polar surface area (TPSA) is 37.4 Å². The second-order valence-electron chi connectivity index (χ2n) is 8.81. The molecule has 1 amide bonds. The van der Waals surface area contributed by atoms with Crippen LogP contribution in [-0.4, -0.2) is 33.4 Å². The number of Topliss-reactive ketones (excluding diaryl/α,β-unsaturated/α-hetero) is 1. The molecule has 1 heterocycles. The maximum absolute atomic E-state index is 13.9. The summed E-state index contributed by atoms with van der Waals surface area (Å²) in [6.45, 7) is 7.14. The van der Waals surface area contributed by atoms with Crippen LogP contribution in [-0.2, 0) is 17.4 Å². The monoisotopic (exact) mass is 427 g/mol. The van der Waals surface area contributed by atoms with Crippen LogP contribution < -0.4 is 0 Å². The molecular formula is C22H28F3NO2S. The highest BCUT2D eigenvalue weighted by Gasteiger charge is 2.42. The largest absolute Gasteiger partial charge is 0.417 e. The van der Waals surface area contributed by atoms with Gasteiger partial charge in [0.15, 0.2) is 5.78 Å². The van der Waals surface area contributed by atoms with Crippen LogP contribution in [0.5, 0.6) is 0 Å². The van der Waals surface area contributed by atoms with Crippen molar-refractivity contribution in [3.05, 3.63) is 28.8 Å². The quantitative estimate of drug-likeness (QED) is 0.604. The summed E-state index contributed by atoms with van der Waals surface area (Å²) in [5.74, 6) is -0.620. The van der Waals surface area contributed by atoms with Gasteiger partial charge in [0, 0.05) is 23.4 Å². The van der Waals surface area contributed by atoms with E-state index in [9.17, 15) is 22.8 Å². The van der Waals surface area contributed by atoms with Crippen LogP contribution in [0.1, 0.15) is 81.3 Å². The van der Waals surface area contributed by atoms with E-state index in [1.165, 1.54) is 6.07 Å². The molecule has 7 heteroatoms. The molecule has 0 spiro atoms. The molecular weight excluding hydrogens is 399 g/mol. The minimum Gasteiger partial charge on any atom is -0.333 e. The van der Waals surface area contributed by atoms with Crippen molar-refractivity contribution in [3.63, 3.8) is 0 Å². The summed E-state index contributed by atoms with van der Waals surface area (Å²) >= 11 is 1.14. The van der Waals surface area contributed by atoms with Crippen molar-refractivity contribution in [3.8, 4) is 0 Å². The first-order valence-corrected chi connectivity index (χ1v) is 11.0. The van der Waals surface area contributed by atoms with Crippen molar-refractivity contribution >= 4 is 23.5 Å². The number of hydrogen-bond donors (Lipinski definition) is 0. The van der Waals surface area contributed by atoms with E-state index in [-0.39, 0.29) is 29.9 Å². The van der Waals surface area contributed by atoms with Crippen molar-refractivity contribution in [2.45, 2.75) is 94.1 Å². The molecule has 0 saturated heterocycles. The maximum atomic E-state index is 13.9. The molecule has 1 aromatic rings. The third-order valence-corrected chi connectivity index (χ3v) is 7.22. The fourth-order valence-electron chi connectivity index (χ4n) is 4.31. The zero-order chi connectivity index (χ0) is 21.6. The van der Waals surface area contributed by atoms with Gasteiger partial charge in [-0.25, -0.2) is 0 Å². The molecule has 1 aliphatic carbocycles. The second-order valence-corrected chi connectivity index (χ2v) is 10.5. The van der Waals surface area contributed by atoms with E-state index in [0.717, 1.165) is 49.9 Å². The fraction of sp³-hybridized carbons (Fsp3) is 0.636. The van der Waals surface area contributed by atoms with E-state index in [1.54, 1.807) is 18.7 Å². The zero-order valence-corrected chi connectivity index (χ0v) is 18.2. The Kier molecular flexibility index (Phi) is 6.10. The van der Waals surface area contributed by atoms with Gasteiger partial charge >= 0.3 is 6.18 Å². The summed E-state index contributed by atoms with van der Waals surface area (Å²) in [4.78, 5) is 27.8. The molecule has 0 N–H and O–H groups in total. The van der Waals surface area contributed by atoms with Gasteiger partial charge in [-0.05, 0) is 58.2 Å². The van der Waals surface area contributed by atoms with Crippen LogP contribution in [0.15, 0.2) is 17.0 Å². The fourth-order valence-corrected chi connectivity index (χ4v) is 5.48. The Balaban J connectivity index is 2.08. The molecule has 2 aliphatic rings. The number of fused-ring (bicyclic) bond motifs is 1. The van der Waals surface area contributed by atoms with Gasteiger partial charge in [0.25, 0.3) is 5.91 Å². The molecule has 160 valence electrons. The Hall–Kier alpha value is -1.50. The van der Waals surface area contributed by atoms with Crippen LogP contribution in [0.3, 0.4) is 0 Å². The SMILES string of the molecule is CC(C)N(C(=O)c1cc2c(cc1C(F)(F)F)SC(C)(C)C(=O)C2)C1CCCCC1. The lowest BCUT2D eigenvalue weighted by Crippen LogP contribution is -2.46. The molecule has 1 fully saturated rings. The van der Waals surface area contributed by atoms with Gasteiger partial charge in [-0.15, -0.1) is 11.8 Å². The van der Waals surface area contributed by atoms with Gasteiger partial charge in [-0.1, -0.05) is 19.3 Å². The number of rotatable bonds is 3. The normalized spacial score (nSPS) is 19.9. The van der Waals surface area contributed by atoms with Gasteiger partial charge < -0.3 is 4.90 Å². The Morgan fingerprint density at radius 1 is 1.17 bits per heavy atom. The van der Waals surface area contributed by atoms with Crippen molar-refractivity contribution in [1.82, 2.24) is 4.90 Å². The number of carbonyl (C=O) groups excluding carboxylic acids is 2. The van der Waals surface area contributed by atoms with E-state index in [1.807, 2.05) is 13.8 Å². The van der Waals surface area contributed by atoms with Crippen LogP contribution in [0.25, 0.3) is 0 Å². The van der Waals surface area contributed by atoms with E-state index < -0.39 is 22.4 Å². The molecule has 29 heavy (non-hydrogen) atoms. The van der Waals surface area contributed by atoms with Crippen LogP contribution >= 0.6 is 11.8 Å². The number of benzene rings is 1. The predicted octanol–water partition coefficient (Wildman–Crippen LogP) is 5.88. The highest BCUT2D eigenvalue weighted by atomic mass is 32.2. The highest BCUT2D eigenvalue weighted by Crippen LogP contribution is 2.45. The van der Waals surface area contributed by atoms with Crippen LogP contribution in [0, 0.1) is 0 Å². The Bertz CT molecular complexity index is 811. The molecule has 1 aromatic carbocycles. The van der Waals surface area contributed by atoms with Crippen molar-refractivity contribution in [1.29, 1.82) is 0 Å². The molecule has 0 bridgehead atoms. The molecule has 0 unspecified atom stereocenters. The van der Waals surface area contributed by atoms with Gasteiger partial charge in [-0.3, -0.25) is 9.59 Å². The van der Waals surface area contributed by atoms with Gasteiger partial charge in [-0.2, -0.15) is 13.2 Å². The number of ketones is 1. The van der Waals surface area contributed by atoms with Gasteiger partial charge in [0.1, 0.15) is 0 Å². The highest BCUT2D eigenvalue weighted by molar-refractivity contribution is 8.01. The smallest absolute Gasteiger partial charge is 0.333 e. The van der Waals surface area contributed by atoms with E-state index in [2.05, 4.69) is 0 Å². The first kappa shape index (κ1) is 22.2. The molecule has 3 rings (SSSR count). The third-order valence-electron chi connectivity index (χ3n) is 5.88. The predicted molar refractivity (Wildman–Crippen MR) is 108 cm³/mol. The number of amides is 1. The first-order valence-electron chi connectivity index (χ1n) is 10.2. The lowest BCUT2D eigenvalue weighted by Gasteiger charge is -2.38. The summed E-state index contributed by atoms with van der Waals surface area (Å²) in [6, 6.07) is 2.15. The Labute approximate surface area is 174 Å². The second kappa shape index (κ2) is 7.97. The molecule has 0 atom stereocenters. The summed E-state index contributed by atoms with van der Waals surface area (Å²) in [6.07, 6.45) is 0.117. The zero-order valence-electron chi connectivity index (χ0n) is 17.4. The summed E-state index contributed by atoms with van der Waals surface area (Å²) in [5.41, 5.74) is -0.716. The van der Waals surface area contributed by atoms with Crippen LogP contribution in [0.2, 0.25) is 0 Å². The number of nitrogens with zero attached hydrogens (tertiary/aromatic N) is 1. The minimum absolute atomic E-state index is 0.0386. The average Bonchev–Trinajstić information content (AvgIpc) is 2.61. The Morgan fingerprint density at radius 2 is 1.79 bits per heavy atom. The first-order chi connectivity index (χ1) is 13.4. The van der Waals surface area contributed by atoms with Crippen molar-refractivity contribution in [2.75, 3.05) is 0 Å². The molecule has 1 saturated carbocycles. The molecule has 0 aromatic heterocycles. The standard InChI is InChI=1S/C22H28F3NO2S/c1-13(2)26(15-8-6-5-7-9-15)20(28)16-10-14-11-19(27)21(3,4)29-18(14)12-17(16)22(23,24)25/h10,12-13,15H,5-9,11H2,1-4H3. The maximum Gasteiger partial charge on any atom is 0.417 e. The molecule has 1 aliphatic heterocycles. The molecule has 0 radical (unpaired) electrons.